The number of sulfone groups is 1. The zero-order valence-corrected chi connectivity index (χ0v) is 19.8. The van der Waals surface area contributed by atoms with E-state index < -0.39 is 56.3 Å². The monoisotopic (exact) mass is 483 g/mol. The molecule has 0 bridgehead atoms. The molecule has 2 aromatic rings. The second-order valence-electron chi connectivity index (χ2n) is 9.01. The van der Waals surface area contributed by atoms with E-state index in [1.165, 1.54) is 13.8 Å². The molecule has 0 saturated carbocycles. The van der Waals surface area contributed by atoms with Crippen molar-refractivity contribution < 1.29 is 32.1 Å². The Morgan fingerprint density at radius 3 is 2.48 bits per heavy atom. The third-order valence-electron chi connectivity index (χ3n) is 6.23. The highest BCUT2D eigenvalue weighted by atomic mass is 32.2. The van der Waals surface area contributed by atoms with Gasteiger partial charge in [0.2, 0.25) is 0 Å². The molecule has 4 atom stereocenters. The second-order valence-corrected chi connectivity index (χ2v) is 11.4. The van der Waals surface area contributed by atoms with E-state index in [1.54, 1.807) is 31.2 Å². The fourth-order valence-electron chi connectivity index (χ4n) is 4.16. The molecule has 0 amide bonds. The number of benzene rings is 2. The summed E-state index contributed by atoms with van der Waals surface area (Å²) in [5.41, 5.74) is -0.705. The maximum absolute atomic E-state index is 15.1. The number of aliphatic hydroxyl groups is 2. The largest absolute Gasteiger partial charge is 0.394 e. The Kier molecular flexibility index (Phi) is 7.91. The van der Waals surface area contributed by atoms with E-state index in [2.05, 4.69) is 5.32 Å². The minimum absolute atomic E-state index is 0.0293. The van der Waals surface area contributed by atoms with Gasteiger partial charge in [-0.1, -0.05) is 30.3 Å². The third-order valence-corrected chi connectivity index (χ3v) is 8.88. The van der Waals surface area contributed by atoms with Gasteiger partial charge in [-0.15, -0.1) is 0 Å². The molecule has 182 valence electrons. The summed E-state index contributed by atoms with van der Waals surface area (Å²) in [4.78, 5) is 0. The van der Waals surface area contributed by atoms with Crippen LogP contribution < -0.4 is 5.32 Å². The van der Waals surface area contributed by atoms with Crippen LogP contribution in [0.5, 0.6) is 0 Å². The summed E-state index contributed by atoms with van der Waals surface area (Å²) in [6, 6.07) is 10.5. The molecule has 33 heavy (non-hydrogen) atoms. The maximum Gasteiger partial charge on any atom is 0.163 e. The van der Waals surface area contributed by atoms with Crippen LogP contribution in [0.3, 0.4) is 0 Å². The number of aliphatic hydroxyl groups excluding tert-OH is 2. The quantitative estimate of drug-likeness (QED) is 0.534. The Hall–Kier alpha value is -1.91. The number of rotatable bonds is 8. The molecule has 0 aliphatic carbocycles. The molecule has 1 heterocycles. The molecule has 1 saturated heterocycles. The first kappa shape index (κ1) is 25.7. The van der Waals surface area contributed by atoms with Crippen LogP contribution in [-0.4, -0.2) is 55.8 Å². The fraction of sp³-hybridized carbons (Fsp3) is 0.500. The summed E-state index contributed by atoms with van der Waals surface area (Å²) < 4.78 is 62.3. The Morgan fingerprint density at radius 2 is 1.85 bits per heavy atom. The molecule has 6 nitrogen and oxygen atoms in total. The van der Waals surface area contributed by atoms with Crippen molar-refractivity contribution in [2.75, 3.05) is 19.8 Å². The molecule has 1 aliphatic heterocycles. The molecule has 2 aromatic carbocycles. The SMILES string of the molecule is C[C@@H]1NC[C@@H](c2ccccc2)S(=O)(=O)C1Cc1cc(F)c(C(C)(C)OC[C@H](O)CO)cc1F. The van der Waals surface area contributed by atoms with Gasteiger partial charge in [-0.2, -0.15) is 0 Å². The fourth-order valence-corrected chi connectivity index (χ4v) is 6.53. The molecule has 3 rings (SSSR count). The van der Waals surface area contributed by atoms with Gasteiger partial charge >= 0.3 is 0 Å². The first-order valence-electron chi connectivity index (χ1n) is 10.9. The van der Waals surface area contributed by atoms with Crippen LogP contribution in [0.1, 0.15) is 42.7 Å². The van der Waals surface area contributed by atoms with E-state index in [4.69, 9.17) is 9.84 Å². The Bertz CT molecular complexity index is 1060. The lowest BCUT2D eigenvalue weighted by atomic mass is 9.94. The van der Waals surface area contributed by atoms with Crippen LogP contribution in [-0.2, 0) is 26.6 Å². The van der Waals surface area contributed by atoms with Gasteiger partial charge in [0.25, 0.3) is 0 Å². The zero-order chi connectivity index (χ0) is 24.4. The van der Waals surface area contributed by atoms with E-state index in [0.717, 1.165) is 12.1 Å². The normalized spacial score (nSPS) is 23.9. The van der Waals surface area contributed by atoms with E-state index >= 15 is 4.39 Å². The molecule has 0 spiro atoms. The molecule has 0 radical (unpaired) electrons. The Morgan fingerprint density at radius 1 is 1.18 bits per heavy atom. The number of halogens is 2. The summed E-state index contributed by atoms with van der Waals surface area (Å²) in [5.74, 6) is -1.46. The highest BCUT2D eigenvalue weighted by Crippen LogP contribution is 2.34. The van der Waals surface area contributed by atoms with Crippen LogP contribution in [0.4, 0.5) is 8.78 Å². The van der Waals surface area contributed by atoms with E-state index in [9.17, 15) is 17.9 Å². The van der Waals surface area contributed by atoms with Crippen LogP contribution in [0.2, 0.25) is 0 Å². The van der Waals surface area contributed by atoms with Gasteiger partial charge in [-0.25, -0.2) is 17.2 Å². The lowest BCUT2D eigenvalue weighted by Gasteiger charge is -2.36. The van der Waals surface area contributed by atoms with Gasteiger partial charge in [0.15, 0.2) is 9.84 Å². The zero-order valence-electron chi connectivity index (χ0n) is 19.0. The van der Waals surface area contributed by atoms with E-state index in [-0.39, 0.29) is 30.7 Å². The molecule has 1 fully saturated rings. The molecule has 0 aromatic heterocycles. The maximum atomic E-state index is 15.1. The Labute approximate surface area is 193 Å². The summed E-state index contributed by atoms with van der Waals surface area (Å²) in [7, 11) is -3.68. The summed E-state index contributed by atoms with van der Waals surface area (Å²) in [6.45, 7) is 4.27. The van der Waals surface area contributed by atoms with Crippen LogP contribution in [0.25, 0.3) is 0 Å². The minimum Gasteiger partial charge on any atom is -0.394 e. The standard InChI is InChI=1S/C24H31F2NO5S/c1-15-22(33(30,31)23(12-27-15)16-7-5-4-6-8-16)10-17-9-21(26)19(11-20(17)25)24(2,3)32-14-18(29)13-28/h4-9,11,15,18,22-23,27-29H,10,12-14H2,1-3H3/t15-,18+,22?,23-/m0/s1. The lowest BCUT2D eigenvalue weighted by Crippen LogP contribution is -2.53. The van der Waals surface area contributed by atoms with Gasteiger partial charge in [0.1, 0.15) is 17.7 Å². The molecular weight excluding hydrogens is 452 g/mol. The Balaban J connectivity index is 1.87. The van der Waals surface area contributed by atoms with Gasteiger partial charge < -0.3 is 20.3 Å². The molecule has 1 aliphatic rings. The van der Waals surface area contributed by atoms with Crippen molar-refractivity contribution in [1.29, 1.82) is 0 Å². The highest BCUT2D eigenvalue weighted by Gasteiger charge is 2.43. The molecular formula is C24H31F2NO5S. The first-order chi connectivity index (χ1) is 15.5. The predicted molar refractivity (Wildman–Crippen MR) is 121 cm³/mol. The summed E-state index contributed by atoms with van der Waals surface area (Å²) in [6.07, 6.45) is -1.31. The van der Waals surface area contributed by atoms with Crippen molar-refractivity contribution >= 4 is 9.84 Å². The average Bonchev–Trinajstić information content (AvgIpc) is 2.77. The number of nitrogens with one attached hydrogen (secondary N) is 1. The molecule has 3 N–H and O–H groups in total. The number of hydrogen-bond acceptors (Lipinski definition) is 6. The minimum atomic E-state index is -3.68. The van der Waals surface area contributed by atoms with Crippen molar-refractivity contribution in [2.24, 2.45) is 0 Å². The molecule has 1 unspecified atom stereocenters. The lowest BCUT2D eigenvalue weighted by molar-refractivity contribution is -0.0756. The van der Waals surface area contributed by atoms with Gasteiger partial charge in [0, 0.05) is 18.2 Å². The topological polar surface area (TPSA) is 95.9 Å². The first-order valence-corrected chi connectivity index (χ1v) is 12.5. The van der Waals surface area contributed by atoms with Gasteiger partial charge in [-0.3, -0.25) is 0 Å². The van der Waals surface area contributed by atoms with Crippen LogP contribution in [0, 0.1) is 11.6 Å². The van der Waals surface area contributed by atoms with Crippen molar-refractivity contribution in [3.63, 3.8) is 0 Å². The van der Waals surface area contributed by atoms with Gasteiger partial charge in [0.05, 0.1) is 29.3 Å². The third kappa shape index (κ3) is 5.60. The number of hydrogen-bond donors (Lipinski definition) is 3. The van der Waals surface area contributed by atoms with Crippen molar-refractivity contribution in [3.8, 4) is 0 Å². The summed E-state index contributed by atoms with van der Waals surface area (Å²) in [5, 5.41) is 19.9. The number of ether oxygens (including phenoxy) is 1. The van der Waals surface area contributed by atoms with Crippen molar-refractivity contribution in [1.82, 2.24) is 5.32 Å². The second kappa shape index (κ2) is 10.1. The highest BCUT2D eigenvalue weighted by molar-refractivity contribution is 7.92. The van der Waals surface area contributed by atoms with Crippen molar-refractivity contribution in [2.45, 2.75) is 55.4 Å². The van der Waals surface area contributed by atoms with E-state index in [1.807, 2.05) is 6.07 Å². The average molecular weight is 484 g/mol. The summed E-state index contributed by atoms with van der Waals surface area (Å²) >= 11 is 0. The van der Waals surface area contributed by atoms with Crippen LogP contribution >= 0.6 is 0 Å². The van der Waals surface area contributed by atoms with Gasteiger partial charge in [-0.05, 0) is 50.5 Å². The van der Waals surface area contributed by atoms with Crippen molar-refractivity contribution in [3.05, 3.63) is 70.8 Å². The predicted octanol–water partition coefficient (Wildman–Crippen LogP) is 2.63. The van der Waals surface area contributed by atoms with Crippen LogP contribution in [0.15, 0.2) is 42.5 Å². The molecule has 9 heteroatoms. The smallest absolute Gasteiger partial charge is 0.163 e. The van der Waals surface area contributed by atoms with E-state index in [0.29, 0.717) is 5.56 Å².